The van der Waals surface area contributed by atoms with Gasteiger partial charge in [-0.1, -0.05) is 0 Å². The van der Waals surface area contributed by atoms with Crippen LogP contribution in [0.3, 0.4) is 0 Å². The van der Waals surface area contributed by atoms with E-state index >= 15 is 0 Å². The molecule has 0 saturated carbocycles. The van der Waals surface area contributed by atoms with E-state index in [1.807, 2.05) is 6.20 Å². The van der Waals surface area contributed by atoms with Crippen molar-refractivity contribution < 1.29 is 5.11 Å². The standard InChI is InChI=1S/C13H16N2OS/c1-9-4-5-12(17-9)13-14-7-11-10(8-16)3-2-6-15(11)13/h4-5,7,10,16H,2-3,6,8H2,1H3. The van der Waals surface area contributed by atoms with Crippen molar-refractivity contribution >= 4 is 11.3 Å². The van der Waals surface area contributed by atoms with Crippen LogP contribution in [0.4, 0.5) is 0 Å². The van der Waals surface area contributed by atoms with Gasteiger partial charge in [-0.3, -0.25) is 0 Å². The number of thiophene rings is 1. The minimum atomic E-state index is 0.231. The van der Waals surface area contributed by atoms with Crippen LogP contribution in [0.5, 0.6) is 0 Å². The Labute approximate surface area is 105 Å². The molecular formula is C13H16N2OS. The van der Waals surface area contributed by atoms with Gasteiger partial charge in [-0.2, -0.15) is 0 Å². The molecule has 0 saturated heterocycles. The maximum Gasteiger partial charge on any atom is 0.150 e. The Bertz CT molecular complexity index is 529. The van der Waals surface area contributed by atoms with E-state index in [4.69, 9.17) is 0 Å². The van der Waals surface area contributed by atoms with Crippen LogP contribution in [0, 0.1) is 6.92 Å². The van der Waals surface area contributed by atoms with Crippen molar-refractivity contribution in [3.8, 4) is 10.7 Å². The van der Waals surface area contributed by atoms with Crippen molar-refractivity contribution in [3.05, 3.63) is 28.9 Å². The highest BCUT2D eigenvalue weighted by molar-refractivity contribution is 7.15. The summed E-state index contributed by atoms with van der Waals surface area (Å²) < 4.78 is 2.27. The number of aliphatic hydroxyl groups excluding tert-OH is 1. The Morgan fingerprint density at radius 3 is 3.12 bits per heavy atom. The Balaban J connectivity index is 2.05. The first-order valence-corrected chi connectivity index (χ1v) is 6.84. The molecule has 3 nitrogen and oxygen atoms in total. The third kappa shape index (κ3) is 1.81. The van der Waals surface area contributed by atoms with Gasteiger partial charge in [0.25, 0.3) is 0 Å². The van der Waals surface area contributed by atoms with Crippen molar-refractivity contribution in [2.24, 2.45) is 0 Å². The van der Waals surface area contributed by atoms with Gasteiger partial charge in [-0.05, 0) is 31.9 Å². The Morgan fingerprint density at radius 1 is 1.53 bits per heavy atom. The Hall–Kier alpha value is -1.13. The maximum absolute atomic E-state index is 9.38. The molecule has 3 heterocycles. The fourth-order valence-electron chi connectivity index (χ4n) is 2.53. The van der Waals surface area contributed by atoms with E-state index in [9.17, 15) is 5.11 Å². The minimum absolute atomic E-state index is 0.231. The van der Waals surface area contributed by atoms with Gasteiger partial charge in [0.2, 0.25) is 0 Å². The van der Waals surface area contributed by atoms with Crippen LogP contribution in [0.25, 0.3) is 10.7 Å². The molecule has 3 rings (SSSR count). The maximum atomic E-state index is 9.38. The van der Waals surface area contributed by atoms with Crippen LogP contribution in [0.2, 0.25) is 0 Å². The molecule has 2 aromatic heterocycles. The second kappa shape index (κ2) is 4.27. The summed E-state index contributed by atoms with van der Waals surface area (Å²) >= 11 is 1.78. The van der Waals surface area contributed by atoms with Gasteiger partial charge in [0.15, 0.2) is 0 Å². The Morgan fingerprint density at radius 2 is 2.41 bits per heavy atom. The molecule has 1 aliphatic rings. The van der Waals surface area contributed by atoms with E-state index in [1.165, 1.54) is 15.4 Å². The van der Waals surface area contributed by atoms with Gasteiger partial charge in [0, 0.05) is 29.2 Å². The van der Waals surface area contributed by atoms with Crippen LogP contribution in [0.1, 0.15) is 29.3 Å². The smallest absolute Gasteiger partial charge is 0.150 e. The van der Waals surface area contributed by atoms with Gasteiger partial charge in [0.1, 0.15) is 5.82 Å². The Kier molecular flexibility index (Phi) is 2.76. The largest absolute Gasteiger partial charge is 0.396 e. The summed E-state index contributed by atoms with van der Waals surface area (Å²) in [5.41, 5.74) is 1.19. The number of aromatic nitrogens is 2. The van der Waals surface area contributed by atoms with E-state index in [2.05, 4.69) is 28.6 Å². The molecule has 1 unspecified atom stereocenters. The second-order valence-electron chi connectivity index (χ2n) is 4.59. The third-order valence-electron chi connectivity index (χ3n) is 3.42. The zero-order valence-corrected chi connectivity index (χ0v) is 10.7. The van der Waals surface area contributed by atoms with Gasteiger partial charge in [0.05, 0.1) is 11.5 Å². The van der Waals surface area contributed by atoms with Crippen LogP contribution < -0.4 is 0 Å². The van der Waals surface area contributed by atoms with Crippen molar-refractivity contribution in [2.45, 2.75) is 32.2 Å². The van der Waals surface area contributed by atoms with E-state index < -0.39 is 0 Å². The molecular weight excluding hydrogens is 232 g/mol. The van der Waals surface area contributed by atoms with Gasteiger partial charge >= 0.3 is 0 Å². The monoisotopic (exact) mass is 248 g/mol. The summed E-state index contributed by atoms with van der Waals surface area (Å²) in [6.07, 6.45) is 4.14. The zero-order valence-electron chi connectivity index (χ0n) is 9.89. The first-order chi connectivity index (χ1) is 8.29. The molecule has 4 heteroatoms. The summed E-state index contributed by atoms with van der Waals surface area (Å²) in [4.78, 5) is 7.08. The first-order valence-electron chi connectivity index (χ1n) is 6.02. The highest BCUT2D eigenvalue weighted by atomic mass is 32.1. The lowest BCUT2D eigenvalue weighted by molar-refractivity contribution is 0.241. The summed E-state index contributed by atoms with van der Waals surface area (Å²) in [6, 6.07) is 4.27. The molecule has 1 atom stereocenters. The highest BCUT2D eigenvalue weighted by Gasteiger charge is 2.23. The molecule has 0 amide bonds. The molecule has 1 aliphatic heterocycles. The van der Waals surface area contributed by atoms with E-state index in [1.54, 1.807) is 11.3 Å². The van der Waals surface area contributed by atoms with E-state index in [0.717, 1.165) is 25.2 Å². The van der Waals surface area contributed by atoms with Gasteiger partial charge in [-0.15, -0.1) is 11.3 Å². The van der Waals surface area contributed by atoms with Crippen LogP contribution in [-0.2, 0) is 6.54 Å². The molecule has 0 fully saturated rings. The van der Waals surface area contributed by atoms with E-state index in [0.29, 0.717) is 0 Å². The van der Waals surface area contributed by atoms with Crippen LogP contribution in [-0.4, -0.2) is 21.3 Å². The molecule has 1 N–H and O–H groups in total. The summed E-state index contributed by atoms with van der Waals surface area (Å²) in [6.45, 7) is 3.37. The molecule has 0 spiro atoms. The molecule has 0 aromatic carbocycles. The zero-order chi connectivity index (χ0) is 11.8. The number of aryl methyl sites for hydroxylation is 1. The predicted octanol–water partition coefficient (Wildman–Crippen LogP) is 2.79. The van der Waals surface area contributed by atoms with Crippen LogP contribution in [0.15, 0.2) is 18.3 Å². The summed E-state index contributed by atoms with van der Waals surface area (Å²) in [7, 11) is 0. The number of imidazole rings is 1. The molecule has 90 valence electrons. The fourth-order valence-corrected chi connectivity index (χ4v) is 3.40. The number of aliphatic hydroxyl groups is 1. The van der Waals surface area contributed by atoms with Crippen molar-refractivity contribution in [1.29, 1.82) is 0 Å². The van der Waals surface area contributed by atoms with E-state index in [-0.39, 0.29) is 12.5 Å². The van der Waals surface area contributed by atoms with Gasteiger partial charge < -0.3 is 9.67 Å². The lowest BCUT2D eigenvalue weighted by Crippen LogP contribution is -2.18. The molecule has 0 bridgehead atoms. The van der Waals surface area contributed by atoms with Crippen molar-refractivity contribution in [1.82, 2.24) is 9.55 Å². The lowest BCUT2D eigenvalue weighted by atomic mass is 9.97. The average Bonchev–Trinajstić information content (AvgIpc) is 2.94. The predicted molar refractivity (Wildman–Crippen MR) is 69.3 cm³/mol. The first kappa shape index (κ1) is 11.0. The number of nitrogens with zero attached hydrogens (tertiary/aromatic N) is 2. The summed E-state index contributed by atoms with van der Waals surface area (Å²) in [5, 5.41) is 9.38. The molecule has 0 radical (unpaired) electrons. The number of fused-ring (bicyclic) bond motifs is 1. The number of hydrogen-bond donors (Lipinski definition) is 1. The normalized spacial score (nSPS) is 19.3. The average molecular weight is 248 g/mol. The second-order valence-corrected chi connectivity index (χ2v) is 5.88. The number of rotatable bonds is 2. The lowest BCUT2D eigenvalue weighted by Gasteiger charge is -2.23. The third-order valence-corrected chi connectivity index (χ3v) is 4.42. The fraction of sp³-hybridized carbons (Fsp3) is 0.462. The van der Waals surface area contributed by atoms with Crippen molar-refractivity contribution in [2.75, 3.05) is 6.61 Å². The highest BCUT2D eigenvalue weighted by Crippen LogP contribution is 2.33. The minimum Gasteiger partial charge on any atom is -0.396 e. The SMILES string of the molecule is Cc1ccc(-c2ncc3n2CCCC3CO)s1. The molecule has 2 aromatic rings. The number of hydrogen-bond acceptors (Lipinski definition) is 3. The van der Waals surface area contributed by atoms with Crippen LogP contribution >= 0.6 is 11.3 Å². The molecule has 17 heavy (non-hydrogen) atoms. The summed E-state index contributed by atoms with van der Waals surface area (Å²) in [5.74, 6) is 1.34. The van der Waals surface area contributed by atoms with Crippen molar-refractivity contribution in [3.63, 3.8) is 0 Å². The topological polar surface area (TPSA) is 38.0 Å². The van der Waals surface area contributed by atoms with Gasteiger partial charge in [-0.25, -0.2) is 4.98 Å². The molecule has 0 aliphatic carbocycles. The quantitative estimate of drug-likeness (QED) is 0.887.